The van der Waals surface area contributed by atoms with E-state index in [0.717, 1.165) is 0 Å². The first kappa shape index (κ1) is 17.0. The Bertz CT molecular complexity index is 283. The Morgan fingerprint density at radius 1 is 1.00 bits per heavy atom. The molecule has 2 atom stereocenters. The summed E-state index contributed by atoms with van der Waals surface area (Å²) in [5, 5.41) is 5.02. The Hall–Kier alpha value is -1.04. The van der Waals surface area contributed by atoms with Crippen LogP contribution in [-0.2, 0) is 23.6 Å². The third kappa shape index (κ3) is 6.64. The number of carbonyl (C=O) groups excluding carboxylic acids is 2. The molecule has 0 radical (unpaired) electrons. The van der Waals surface area contributed by atoms with Crippen LogP contribution in [0.3, 0.4) is 0 Å². The molecule has 7 nitrogen and oxygen atoms in total. The Labute approximate surface area is 107 Å². The van der Waals surface area contributed by atoms with E-state index in [0.29, 0.717) is 0 Å². The third-order valence-electron chi connectivity index (χ3n) is 1.90. The molecule has 0 aliphatic rings. The molecular weight excluding hydrogens is 259 g/mol. The van der Waals surface area contributed by atoms with Crippen molar-refractivity contribution in [3.8, 4) is 0 Å². The predicted molar refractivity (Wildman–Crippen MR) is 66.1 cm³/mol. The zero-order chi connectivity index (χ0) is 14.1. The first-order valence-electron chi connectivity index (χ1n) is 5.75. The molecule has 2 N–H and O–H groups in total. The van der Waals surface area contributed by atoms with Gasteiger partial charge in [0, 0.05) is 0 Å². The summed E-state index contributed by atoms with van der Waals surface area (Å²) in [6.07, 6.45) is 0. The van der Waals surface area contributed by atoms with Crippen LogP contribution in [0.4, 0.5) is 0 Å². The van der Waals surface area contributed by atoms with Gasteiger partial charge in [-0.2, -0.15) is 0 Å². The van der Waals surface area contributed by atoms with Crippen molar-refractivity contribution in [1.82, 2.24) is 10.2 Å². The van der Waals surface area contributed by atoms with E-state index in [9.17, 15) is 14.2 Å². The highest BCUT2D eigenvalue weighted by Gasteiger charge is 2.30. The molecule has 8 heteroatoms. The lowest BCUT2D eigenvalue weighted by atomic mass is 10.4. The molecule has 0 amide bonds. The maximum atomic E-state index is 11.6. The first-order chi connectivity index (χ1) is 8.42. The largest absolute Gasteiger partial charge is 0.533 e. The highest BCUT2D eigenvalue weighted by atomic mass is 31.1. The van der Waals surface area contributed by atoms with Crippen LogP contribution in [0.1, 0.15) is 27.7 Å². The maximum Gasteiger partial charge on any atom is 0.533 e. The predicted octanol–water partition coefficient (Wildman–Crippen LogP) is 0.726. The van der Waals surface area contributed by atoms with Crippen molar-refractivity contribution in [3.63, 3.8) is 0 Å². The Morgan fingerprint density at radius 3 is 1.61 bits per heavy atom. The van der Waals surface area contributed by atoms with E-state index in [4.69, 9.17) is 9.47 Å². The minimum Gasteiger partial charge on any atom is -0.465 e. The monoisotopic (exact) mass is 279 g/mol. The molecular formula is C10H20N2O5P+. The van der Waals surface area contributed by atoms with Crippen LogP contribution in [0.5, 0.6) is 0 Å². The average Bonchev–Trinajstić information content (AvgIpc) is 2.29. The van der Waals surface area contributed by atoms with Crippen LogP contribution >= 0.6 is 8.10 Å². The highest BCUT2D eigenvalue weighted by molar-refractivity contribution is 7.40. The number of carbonyl (C=O) groups is 2. The van der Waals surface area contributed by atoms with E-state index < -0.39 is 32.1 Å². The molecule has 0 aliphatic carbocycles. The standard InChI is InChI=1S/C10H20N2O5P/c1-5-16-9(13)7(3)11-18(15)12-8(4)10(14)17-6-2/h7-8H,5-6H2,1-4H3,(H2,11,12,15)/q+1/t7-,8-/m0/s1. The van der Waals surface area contributed by atoms with E-state index in [1.165, 1.54) is 13.8 Å². The number of hydrogen-bond donors (Lipinski definition) is 2. The zero-order valence-electron chi connectivity index (χ0n) is 11.1. The lowest BCUT2D eigenvalue weighted by Crippen LogP contribution is -2.37. The number of ether oxygens (including phenoxy) is 2. The summed E-state index contributed by atoms with van der Waals surface area (Å²) in [5.41, 5.74) is 0. The summed E-state index contributed by atoms with van der Waals surface area (Å²) in [6.45, 7) is 6.95. The van der Waals surface area contributed by atoms with Crippen molar-refractivity contribution < 1.29 is 23.6 Å². The van der Waals surface area contributed by atoms with Crippen LogP contribution < -0.4 is 10.2 Å². The maximum absolute atomic E-state index is 11.6. The third-order valence-corrected chi connectivity index (χ3v) is 3.15. The smallest absolute Gasteiger partial charge is 0.465 e. The molecule has 0 rings (SSSR count). The van der Waals surface area contributed by atoms with Crippen molar-refractivity contribution in [3.05, 3.63) is 0 Å². The number of esters is 2. The molecule has 104 valence electrons. The molecule has 0 saturated carbocycles. The van der Waals surface area contributed by atoms with Gasteiger partial charge in [-0.1, -0.05) is 10.2 Å². The van der Waals surface area contributed by atoms with Crippen molar-refractivity contribution in [2.75, 3.05) is 13.2 Å². The molecule has 0 aromatic rings. The first-order valence-corrected chi connectivity index (χ1v) is 7.01. The normalized spacial score (nSPS) is 13.6. The van der Waals surface area contributed by atoms with Crippen molar-refractivity contribution >= 4 is 20.0 Å². The summed E-state index contributed by atoms with van der Waals surface area (Å²) in [5.74, 6) is -0.988. The SMILES string of the molecule is CCOC(=O)[C@H](C)N[P+](=O)N[C@@H](C)C(=O)OCC. The van der Waals surface area contributed by atoms with Gasteiger partial charge in [-0.3, -0.25) is 9.59 Å². The molecule has 0 aliphatic heterocycles. The van der Waals surface area contributed by atoms with Gasteiger partial charge in [0.25, 0.3) is 0 Å². The fourth-order valence-corrected chi connectivity index (χ4v) is 2.02. The number of hydrogen-bond acceptors (Lipinski definition) is 5. The Balaban J connectivity index is 4.10. The second kappa shape index (κ2) is 8.97. The Morgan fingerprint density at radius 2 is 1.33 bits per heavy atom. The molecule has 18 heavy (non-hydrogen) atoms. The topological polar surface area (TPSA) is 93.7 Å². The summed E-state index contributed by atoms with van der Waals surface area (Å²) >= 11 is 0. The van der Waals surface area contributed by atoms with Gasteiger partial charge in [0.2, 0.25) is 0 Å². The van der Waals surface area contributed by atoms with E-state index >= 15 is 0 Å². The van der Waals surface area contributed by atoms with Crippen LogP contribution in [-0.4, -0.2) is 37.2 Å². The van der Waals surface area contributed by atoms with Gasteiger partial charge in [0.05, 0.1) is 13.2 Å². The van der Waals surface area contributed by atoms with Crippen molar-refractivity contribution in [2.24, 2.45) is 0 Å². The second-order valence-electron chi connectivity index (χ2n) is 3.50. The van der Waals surface area contributed by atoms with Crippen molar-refractivity contribution in [1.29, 1.82) is 0 Å². The van der Waals surface area contributed by atoms with E-state index in [2.05, 4.69) is 10.2 Å². The summed E-state index contributed by atoms with van der Waals surface area (Å²) < 4.78 is 21.1. The van der Waals surface area contributed by atoms with Gasteiger partial charge in [-0.05, 0) is 32.3 Å². The van der Waals surface area contributed by atoms with Gasteiger partial charge in [0.15, 0.2) is 0 Å². The van der Waals surface area contributed by atoms with Crippen LogP contribution in [0.25, 0.3) is 0 Å². The van der Waals surface area contributed by atoms with E-state index in [-0.39, 0.29) is 13.2 Å². The molecule has 0 unspecified atom stereocenters. The van der Waals surface area contributed by atoms with E-state index in [1.54, 1.807) is 13.8 Å². The highest BCUT2D eigenvalue weighted by Crippen LogP contribution is 2.12. The summed E-state index contributed by atoms with van der Waals surface area (Å²) in [7, 11) is -2.10. The van der Waals surface area contributed by atoms with Crippen LogP contribution in [0.15, 0.2) is 0 Å². The quantitative estimate of drug-likeness (QED) is 0.499. The molecule has 0 aromatic heterocycles. The number of rotatable bonds is 8. The van der Waals surface area contributed by atoms with Gasteiger partial charge >= 0.3 is 20.0 Å². The molecule has 0 heterocycles. The van der Waals surface area contributed by atoms with Gasteiger partial charge in [-0.15, -0.1) is 0 Å². The van der Waals surface area contributed by atoms with Crippen LogP contribution in [0.2, 0.25) is 0 Å². The van der Waals surface area contributed by atoms with Gasteiger partial charge < -0.3 is 9.47 Å². The fourth-order valence-electron chi connectivity index (χ4n) is 1.03. The number of nitrogens with one attached hydrogen (secondary N) is 2. The molecule has 0 fully saturated rings. The minimum atomic E-state index is -2.10. The minimum absolute atomic E-state index is 0.258. The van der Waals surface area contributed by atoms with Crippen molar-refractivity contribution in [2.45, 2.75) is 39.8 Å². The second-order valence-corrected chi connectivity index (χ2v) is 4.61. The van der Waals surface area contributed by atoms with E-state index in [1.807, 2.05) is 0 Å². The van der Waals surface area contributed by atoms with Gasteiger partial charge in [0.1, 0.15) is 12.1 Å². The molecule has 0 aromatic carbocycles. The average molecular weight is 279 g/mol. The lowest BCUT2D eigenvalue weighted by Gasteiger charge is -2.08. The summed E-state index contributed by atoms with van der Waals surface area (Å²) in [6, 6.07) is -1.43. The fraction of sp³-hybridized carbons (Fsp3) is 0.800. The molecule has 0 saturated heterocycles. The summed E-state index contributed by atoms with van der Waals surface area (Å²) in [4.78, 5) is 22.5. The molecule has 0 bridgehead atoms. The van der Waals surface area contributed by atoms with Crippen LogP contribution in [0, 0.1) is 0 Å². The van der Waals surface area contributed by atoms with Gasteiger partial charge in [-0.25, -0.2) is 0 Å². The zero-order valence-corrected chi connectivity index (χ0v) is 12.0. The molecule has 0 spiro atoms. The Kier molecular flexibility index (Phi) is 8.45. The lowest BCUT2D eigenvalue weighted by molar-refractivity contribution is -0.145.